The Kier molecular flexibility index (Phi) is 2.90. The molecule has 0 saturated carbocycles. The molecule has 1 rings (SSSR count). The van der Waals surface area contributed by atoms with E-state index in [0.717, 1.165) is 6.21 Å². The molecule has 3 N–H and O–H groups in total. The van der Waals surface area contributed by atoms with E-state index >= 15 is 0 Å². The van der Waals surface area contributed by atoms with E-state index < -0.39 is 4.92 Å². The molecule has 0 aliphatic carbocycles. The summed E-state index contributed by atoms with van der Waals surface area (Å²) in [6.07, 6.45) is 3.61. The van der Waals surface area contributed by atoms with Gasteiger partial charge in [-0.05, 0) is 16.0 Å². The van der Waals surface area contributed by atoms with Crippen molar-refractivity contribution in [1.82, 2.24) is 4.98 Å². The summed E-state index contributed by atoms with van der Waals surface area (Å²) < 4.78 is 0. The highest BCUT2D eigenvalue weighted by molar-refractivity contribution is 6.07. The summed E-state index contributed by atoms with van der Waals surface area (Å²) in [4.78, 5) is 13.3. The Morgan fingerprint density at radius 2 is 2.36 bits per heavy atom. The van der Waals surface area contributed by atoms with Crippen LogP contribution in [0.15, 0.2) is 24.5 Å². The molecule has 0 unspecified atom stereocenters. The van der Waals surface area contributed by atoms with Crippen molar-refractivity contribution in [2.24, 2.45) is 5.73 Å². The fourth-order valence-electron chi connectivity index (χ4n) is 0.892. The number of nitro groups is 1. The second-order valence-corrected chi connectivity index (χ2v) is 2.43. The molecule has 0 radical (unpaired) electrons. The molecule has 0 saturated heterocycles. The zero-order valence-corrected chi connectivity index (χ0v) is 7.18. The first kappa shape index (κ1) is 9.85. The number of aromatic nitrogens is 1. The minimum atomic E-state index is -0.583. The molecule has 0 spiro atoms. The van der Waals surface area contributed by atoms with E-state index in [1.165, 1.54) is 24.5 Å². The molecule has 1 aromatic rings. The summed E-state index contributed by atoms with van der Waals surface area (Å²) in [5.74, 6) is -0.227. The molecule has 6 nitrogen and oxygen atoms in total. The number of nitrogens with two attached hydrogens (primary N) is 1. The van der Waals surface area contributed by atoms with Gasteiger partial charge in [-0.3, -0.25) is 0 Å². The van der Waals surface area contributed by atoms with Crippen molar-refractivity contribution in [2.75, 3.05) is 0 Å². The van der Waals surface area contributed by atoms with Gasteiger partial charge in [0.05, 0.1) is 0 Å². The van der Waals surface area contributed by atoms with Crippen molar-refractivity contribution in [3.05, 3.63) is 40.2 Å². The van der Waals surface area contributed by atoms with E-state index in [0.29, 0.717) is 11.1 Å². The van der Waals surface area contributed by atoms with Gasteiger partial charge >= 0.3 is 5.82 Å². The smallest absolute Gasteiger partial charge is 0.363 e. The van der Waals surface area contributed by atoms with Crippen LogP contribution in [0.2, 0.25) is 0 Å². The normalized spacial score (nSPS) is 11.0. The highest BCUT2D eigenvalue weighted by atomic mass is 16.6. The lowest BCUT2D eigenvalue weighted by Crippen LogP contribution is -1.95. The molecule has 0 aliphatic heterocycles. The van der Waals surface area contributed by atoms with Crippen LogP contribution >= 0.6 is 0 Å². The fraction of sp³-hybridized carbons (Fsp3) is 0. The Hall–Kier alpha value is -2.24. The minimum absolute atomic E-state index is 0.227. The number of nitrogens with zero attached hydrogens (tertiary/aromatic N) is 2. The number of hydrogen-bond acceptors (Lipinski definition) is 5. The van der Waals surface area contributed by atoms with Gasteiger partial charge in [-0.1, -0.05) is 0 Å². The maximum Gasteiger partial charge on any atom is 0.363 e. The third-order valence-corrected chi connectivity index (χ3v) is 1.60. The zero-order chi connectivity index (χ0) is 10.6. The Labute approximate surface area is 79.7 Å². The van der Waals surface area contributed by atoms with Gasteiger partial charge in [-0.2, -0.15) is 0 Å². The lowest BCUT2D eigenvalue weighted by Gasteiger charge is -1.96. The predicted octanol–water partition coefficient (Wildman–Crippen LogP) is 0.939. The van der Waals surface area contributed by atoms with Gasteiger partial charge < -0.3 is 21.3 Å². The molecule has 0 aromatic carbocycles. The van der Waals surface area contributed by atoms with E-state index in [4.69, 9.17) is 11.1 Å². The van der Waals surface area contributed by atoms with E-state index in [-0.39, 0.29) is 5.82 Å². The molecular formula is C8H8N4O2. The zero-order valence-electron chi connectivity index (χ0n) is 7.18. The van der Waals surface area contributed by atoms with Crippen molar-refractivity contribution < 1.29 is 4.92 Å². The van der Waals surface area contributed by atoms with Gasteiger partial charge in [0.1, 0.15) is 6.20 Å². The predicted molar refractivity (Wildman–Crippen MR) is 51.8 cm³/mol. The second kappa shape index (κ2) is 4.13. The van der Waals surface area contributed by atoms with Crippen LogP contribution in [0.4, 0.5) is 5.82 Å². The maximum atomic E-state index is 10.3. The first-order valence-electron chi connectivity index (χ1n) is 3.72. The first-order chi connectivity index (χ1) is 6.69. The van der Waals surface area contributed by atoms with Crippen molar-refractivity contribution in [3.63, 3.8) is 0 Å². The first-order valence-corrected chi connectivity index (χ1v) is 3.72. The summed E-state index contributed by atoms with van der Waals surface area (Å²) in [6.45, 7) is 0. The van der Waals surface area contributed by atoms with E-state index in [2.05, 4.69) is 4.98 Å². The summed E-state index contributed by atoms with van der Waals surface area (Å²) in [6, 6.07) is 2.76. The quantitative estimate of drug-likeness (QED) is 0.422. The highest BCUT2D eigenvalue weighted by Crippen LogP contribution is 2.13. The van der Waals surface area contributed by atoms with Crippen molar-refractivity contribution >= 4 is 17.6 Å². The monoisotopic (exact) mass is 192 g/mol. The molecule has 0 atom stereocenters. The number of hydrogen-bond donors (Lipinski definition) is 2. The van der Waals surface area contributed by atoms with Crippen LogP contribution in [0.25, 0.3) is 5.57 Å². The van der Waals surface area contributed by atoms with Gasteiger partial charge in [0.15, 0.2) is 0 Å². The lowest BCUT2D eigenvalue weighted by molar-refractivity contribution is -0.389. The van der Waals surface area contributed by atoms with Crippen LogP contribution < -0.4 is 5.73 Å². The van der Waals surface area contributed by atoms with Gasteiger partial charge in [0.25, 0.3) is 0 Å². The van der Waals surface area contributed by atoms with Crippen molar-refractivity contribution in [3.8, 4) is 0 Å². The van der Waals surface area contributed by atoms with Crippen LogP contribution in [0.3, 0.4) is 0 Å². The maximum absolute atomic E-state index is 10.3. The summed E-state index contributed by atoms with van der Waals surface area (Å²) >= 11 is 0. The number of allylic oxidation sites excluding steroid dienone is 1. The third-order valence-electron chi connectivity index (χ3n) is 1.60. The van der Waals surface area contributed by atoms with Crippen LogP contribution in [0.5, 0.6) is 0 Å². The number of rotatable bonds is 3. The lowest BCUT2D eigenvalue weighted by atomic mass is 10.1. The van der Waals surface area contributed by atoms with Crippen LogP contribution in [-0.2, 0) is 0 Å². The van der Waals surface area contributed by atoms with Crippen LogP contribution in [-0.4, -0.2) is 16.1 Å². The molecule has 0 amide bonds. The largest absolute Gasteiger partial charge is 0.404 e. The molecular weight excluding hydrogens is 184 g/mol. The highest BCUT2D eigenvalue weighted by Gasteiger charge is 2.07. The fourth-order valence-corrected chi connectivity index (χ4v) is 0.892. The average Bonchev–Trinajstić information content (AvgIpc) is 2.20. The summed E-state index contributed by atoms with van der Waals surface area (Å²) in [5, 5.41) is 17.3. The Bertz CT molecular complexity index is 383. The molecule has 1 heterocycles. The van der Waals surface area contributed by atoms with Gasteiger partial charge in [-0.25, -0.2) is 0 Å². The van der Waals surface area contributed by atoms with Crippen LogP contribution in [0, 0.1) is 15.5 Å². The van der Waals surface area contributed by atoms with Crippen molar-refractivity contribution in [1.29, 1.82) is 5.41 Å². The molecule has 1 aromatic heterocycles. The van der Waals surface area contributed by atoms with Gasteiger partial charge in [0.2, 0.25) is 0 Å². The van der Waals surface area contributed by atoms with E-state index in [1.807, 2.05) is 0 Å². The number of nitrogens with one attached hydrogen (secondary N) is 1. The second-order valence-electron chi connectivity index (χ2n) is 2.43. The van der Waals surface area contributed by atoms with Crippen molar-refractivity contribution in [2.45, 2.75) is 0 Å². The van der Waals surface area contributed by atoms with Gasteiger partial charge in [0, 0.05) is 29.6 Å². The SMILES string of the molecule is N=C/C(=C\N)c1ccc([N+](=O)[O-])nc1. The standard InChI is InChI=1S/C8H8N4O2/c9-3-7(4-10)6-1-2-8(11-5-6)12(13)14/h1-5,9H,10H2/b7-4+,9-3?. The van der Waals surface area contributed by atoms with E-state index in [9.17, 15) is 10.1 Å². The summed E-state index contributed by atoms with van der Waals surface area (Å²) in [7, 11) is 0. The Morgan fingerprint density at radius 1 is 1.64 bits per heavy atom. The molecule has 6 heteroatoms. The molecule has 0 fully saturated rings. The molecule has 0 aliphatic rings. The third kappa shape index (κ3) is 1.92. The minimum Gasteiger partial charge on any atom is -0.404 e. The summed E-state index contributed by atoms with van der Waals surface area (Å²) in [5.41, 5.74) is 6.28. The van der Waals surface area contributed by atoms with Gasteiger partial charge in [-0.15, -0.1) is 0 Å². The number of pyridine rings is 1. The average molecular weight is 192 g/mol. The Balaban J connectivity index is 3.05. The van der Waals surface area contributed by atoms with Crippen LogP contribution in [0.1, 0.15) is 5.56 Å². The molecule has 72 valence electrons. The van der Waals surface area contributed by atoms with E-state index in [1.54, 1.807) is 0 Å². The molecule has 0 bridgehead atoms. The Morgan fingerprint density at radius 3 is 2.71 bits per heavy atom. The molecule has 14 heavy (non-hydrogen) atoms. The topological polar surface area (TPSA) is 106 Å².